The first-order valence-corrected chi connectivity index (χ1v) is 10.1. The van der Waals surface area contributed by atoms with Gasteiger partial charge in [0, 0.05) is 5.41 Å². The molecule has 24 heavy (non-hydrogen) atoms. The fourth-order valence-corrected chi connectivity index (χ4v) is 4.00. The summed E-state index contributed by atoms with van der Waals surface area (Å²) in [7, 11) is -3.54. The molecule has 1 rings (SSSR count). The van der Waals surface area contributed by atoms with E-state index in [0.29, 0.717) is 31.6 Å². The molecule has 0 saturated heterocycles. The van der Waals surface area contributed by atoms with Crippen LogP contribution in [0.3, 0.4) is 0 Å². The van der Waals surface area contributed by atoms with Gasteiger partial charge in [-0.25, -0.2) is 0 Å². The van der Waals surface area contributed by atoms with E-state index in [4.69, 9.17) is 9.05 Å². The lowest BCUT2D eigenvalue weighted by Gasteiger charge is -2.30. The van der Waals surface area contributed by atoms with E-state index in [1.54, 1.807) is 0 Å². The molecule has 0 saturated carbocycles. The molecule has 5 nitrogen and oxygen atoms in total. The monoisotopic (exact) mass is 355 g/mol. The van der Waals surface area contributed by atoms with Crippen LogP contribution < -0.4 is 5.32 Å². The molecule has 1 aromatic carbocycles. The molecular weight excluding hydrogens is 325 g/mol. The third-order valence-electron chi connectivity index (χ3n) is 3.33. The molecule has 0 aromatic heterocycles. The van der Waals surface area contributed by atoms with Crippen LogP contribution in [0.4, 0.5) is 0 Å². The smallest absolute Gasteiger partial charge is 0.338 e. The Morgan fingerprint density at radius 2 is 1.58 bits per heavy atom. The molecule has 0 radical (unpaired) electrons. The second-order valence-electron chi connectivity index (χ2n) is 6.74. The zero-order chi connectivity index (χ0) is 18.2. The SMILES string of the molecule is CCCOP(=O)(OCCC)[C@H](NC(=O)C(C)(C)C)c1ccccc1. The molecule has 0 unspecified atom stereocenters. The normalized spacial score (nSPS) is 13.5. The fraction of sp³-hybridized carbons (Fsp3) is 0.611. The Bertz CT molecular complexity index is 542. The summed E-state index contributed by atoms with van der Waals surface area (Å²) in [6.07, 6.45) is 1.43. The number of rotatable bonds is 9. The molecule has 1 aromatic rings. The number of hydrogen-bond donors (Lipinski definition) is 1. The Labute approximate surface area is 145 Å². The molecule has 0 aliphatic heterocycles. The lowest BCUT2D eigenvalue weighted by Crippen LogP contribution is -2.38. The van der Waals surface area contributed by atoms with Crippen molar-refractivity contribution < 1.29 is 18.4 Å². The van der Waals surface area contributed by atoms with Gasteiger partial charge in [-0.05, 0) is 18.4 Å². The van der Waals surface area contributed by atoms with Gasteiger partial charge in [-0.1, -0.05) is 65.0 Å². The molecule has 0 heterocycles. The quantitative estimate of drug-likeness (QED) is 0.640. The van der Waals surface area contributed by atoms with Gasteiger partial charge < -0.3 is 14.4 Å². The average Bonchev–Trinajstić information content (AvgIpc) is 2.55. The highest BCUT2D eigenvalue weighted by molar-refractivity contribution is 7.54. The Morgan fingerprint density at radius 3 is 2.00 bits per heavy atom. The first-order chi connectivity index (χ1) is 11.2. The zero-order valence-corrected chi connectivity index (χ0v) is 16.3. The summed E-state index contributed by atoms with van der Waals surface area (Å²) in [5.74, 6) is -1.01. The molecular formula is C18H30NO4P. The molecule has 0 aliphatic carbocycles. The minimum atomic E-state index is -3.54. The van der Waals surface area contributed by atoms with E-state index < -0.39 is 18.8 Å². The Balaban J connectivity index is 3.21. The summed E-state index contributed by atoms with van der Waals surface area (Å²) >= 11 is 0. The van der Waals surface area contributed by atoms with Gasteiger partial charge in [-0.2, -0.15) is 0 Å². The lowest BCUT2D eigenvalue weighted by molar-refractivity contribution is -0.128. The van der Waals surface area contributed by atoms with Crippen LogP contribution in [-0.4, -0.2) is 19.1 Å². The van der Waals surface area contributed by atoms with Crippen LogP contribution in [0, 0.1) is 5.41 Å². The number of nitrogens with one attached hydrogen (secondary N) is 1. The van der Waals surface area contributed by atoms with Crippen LogP contribution >= 0.6 is 7.60 Å². The van der Waals surface area contributed by atoms with Crippen molar-refractivity contribution in [3.63, 3.8) is 0 Å². The van der Waals surface area contributed by atoms with Crippen molar-refractivity contribution in [2.45, 2.75) is 53.2 Å². The maximum atomic E-state index is 13.4. The second-order valence-corrected chi connectivity index (χ2v) is 8.86. The minimum absolute atomic E-state index is 0.197. The van der Waals surface area contributed by atoms with Crippen molar-refractivity contribution in [3.8, 4) is 0 Å². The summed E-state index contributed by atoms with van der Waals surface area (Å²) in [6, 6.07) is 9.21. The first kappa shape index (κ1) is 20.9. The highest BCUT2D eigenvalue weighted by Gasteiger charge is 2.40. The third-order valence-corrected chi connectivity index (χ3v) is 5.48. The third kappa shape index (κ3) is 6.04. The van der Waals surface area contributed by atoms with Crippen LogP contribution in [0.25, 0.3) is 0 Å². The standard InChI is InChI=1S/C18H30NO4P/c1-6-13-22-24(21,23-14-7-2)16(15-11-9-8-10-12-15)19-17(20)18(3,4)5/h8-12,16H,6-7,13-14H2,1-5H3,(H,19,20)/t16-/m0/s1. The Hall–Kier alpha value is -1.16. The van der Waals surface area contributed by atoms with E-state index in [9.17, 15) is 9.36 Å². The maximum Gasteiger partial charge on any atom is 0.357 e. The van der Waals surface area contributed by atoms with E-state index in [0.717, 1.165) is 0 Å². The van der Waals surface area contributed by atoms with Crippen LogP contribution in [0.5, 0.6) is 0 Å². The topological polar surface area (TPSA) is 64.6 Å². The predicted octanol–water partition coefficient (Wildman–Crippen LogP) is 4.89. The van der Waals surface area contributed by atoms with Gasteiger partial charge >= 0.3 is 7.60 Å². The minimum Gasteiger partial charge on any atom is -0.338 e. The molecule has 0 spiro atoms. The summed E-state index contributed by atoms with van der Waals surface area (Å²) in [4.78, 5) is 12.5. The molecule has 1 atom stereocenters. The number of hydrogen-bond acceptors (Lipinski definition) is 4. The highest BCUT2D eigenvalue weighted by atomic mass is 31.2. The van der Waals surface area contributed by atoms with E-state index in [2.05, 4.69) is 5.32 Å². The summed E-state index contributed by atoms with van der Waals surface area (Å²) in [5, 5.41) is 2.88. The van der Waals surface area contributed by atoms with Crippen molar-refractivity contribution in [2.75, 3.05) is 13.2 Å². The number of benzene rings is 1. The van der Waals surface area contributed by atoms with Crippen molar-refractivity contribution in [2.24, 2.45) is 5.41 Å². The van der Waals surface area contributed by atoms with Crippen molar-refractivity contribution in [1.29, 1.82) is 0 Å². The van der Waals surface area contributed by atoms with Crippen LogP contribution in [0.1, 0.15) is 58.8 Å². The van der Waals surface area contributed by atoms with Gasteiger partial charge in [-0.3, -0.25) is 9.36 Å². The van der Waals surface area contributed by atoms with Crippen LogP contribution in [0.15, 0.2) is 30.3 Å². The Kier molecular flexibility index (Phi) is 8.14. The maximum absolute atomic E-state index is 13.4. The molecule has 1 N–H and O–H groups in total. The summed E-state index contributed by atoms with van der Waals surface area (Å²) in [6.45, 7) is 9.95. The van der Waals surface area contributed by atoms with E-state index in [1.807, 2.05) is 65.0 Å². The van der Waals surface area contributed by atoms with Gasteiger partial charge in [0.25, 0.3) is 0 Å². The van der Waals surface area contributed by atoms with Crippen LogP contribution in [0.2, 0.25) is 0 Å². The molecule has 6 heteroatoms. The largest absolute Gasteiger partial charge is 0.357 e. The van der Waals surface area contributed by atoms with Gasteiger partial charge in [0.05, 0.1) is 13.2 Å². The van der Waals surface area contributed by atoms with Gasteiger partial charge in [0.15, 0.2) is 5.78 Å². The van der Waals surface area contributed by atoms with Gasteiger partial charge in [0.2, 0.25) is 5.91 Å². The van der Waals surface area contributed by atoms with Crippen LogP contribution in [-0.2, 0) is 18.4 Å². The first-order valence-electron chi connectivity index (χ1n) is 8.49. The Morgan fingerprint density at radius 1 is 1.08 bits per heavy atom. The molecule has 136 valence electrons. The van der Waals surface area contributed by atoms with Gasteiger partial charge in [-0.15, -0.1) is 0 Å². The van der Waals surface area contributed by atoms with Gasteiger partial charge in [0.1, 0.15) is 0 Å². The summed E-state index contributed by atoms with van der Waals surface area (Å²) in [5.41, 5.74) is 0.110. The molecule has 1 amide bonds. The van der Waals surface area contributed by atoms with Crippen molar-refractivity contribution in [3.05, 3.63) is 35.9 Å². The zero-order valence-electron chi connectivity index (χ0n) is 15.4. The number of carbonyl (C=O) groups excluding carboxylic acids is 1. The number of carbonyl (C=O) groups is 1. The molecule has 0 aliphatic rings. The van der Waals surface area contributed by atoms with E-state index in [-0.39, 0.29) is 5.91 Å². The second kappa shape index (κ2) is 9.36. The summed E-state index contributed by atoms with van der Waals surface area (Å²) < 4.78 is 24.7. The lowest BCUT2D eigenvalue weighted by atomic mass is 9.95. The molecule has 0 bridgehead atoms. The van der Waals surface area contributed by atoms with E-state index >= 15 is 0 Å². The van der Waals surface area contributed by atoms with E-state index in [1.165, 1.54) is 0 Å². The predicted molar refractivity (Wildman–Crippen MR) is 96.9 cm³/mol. The highest BCUT2D eigenvalue weighted by Crippen LogP contribution is 2.60. The average molecular weight is 355 g/mol. The fourth-order valence-electron chi connectivity index (χ4n) is 1.94. The molecule has 0 fully saturated rings. The number of amides is 1. The van der Waals surface area contributed by atoms with Crippen molar-refractivity contribution in [1.82, 2.24) is 5.32 Å². The van der Waals surface area contributed by atoms with Crippen molar-refractivity contribution >= 4 is 13.5 Å².